The van der Waals surface area contributed by atoms with Gasteiger partial charge in [0, 0.05) is 25.0 Å². The number of nitrogens with one attached hydrogen (secondary N) is 2. The molecule has 3 rings (SSSR count). The summed E-state index contributed by atoms with van der Waals surface area (Å²) in [7, 11) is 1.62. The van der Waals surface area contributed by atoms with Crippen molar-refractivity contribution in [1.29, 1.82) is 0 Å². The summed E-state index contributed by atoms with van der Waals surface area (Å²) in [4.78, 5) is 23.2. The molecule has 1 amide bonds. The van der Waals surface area contributed by atoms with E-state index >= 15 is 0 Å². The number of nitrogens with zero attached hydrogens (tertiary/aromatic N) is 4. The van der Waals surface area contributed by atoms with E-state index in [2.05, 4.69) is 30.4 Å². The van der Waals surface area contributed by atoms with Crippen molar-refractivity contribution in [2.45, 2.75) is 32.7 Å². The van der Waals surface area contributed by atoms with E-state index in [9.17, 15) is 4.79 Å². The van der Waals surface area contributed by atoms with Crippen LogP contribution in [0.2, 0.25) is 0 Å². The van der Waals surface area contributed by atoms with Crippen LogP contribution in [0.3, 0.4) is 0 Å². The fraction of sp³-hybridized carbons (Fsp3) is 0.467. The monoisotopic (exact) mass is 300 g/mol. The number of H-pyrrole nitrogens is 1. The predicted octanol–water partition coefficient (Wildman–Crippen LogP) is 1.52. The average Bonchev–Trinajstić information content (AvgIpc) is 3.13. The number of carbonyl (C=O) groups excluding carboxylic acids is 1. The van der Waals surface area contributed by atoms with E-state index in [4.69, 9.17) is 0 Å². The molecule has 1 saturated heterocycles. The first-order valence-electron chi connectivity index (χ1n) is 7.44. The minimum Gasteiger partial charge on any atom is -0.355 e. The van der Waals surface area contributed by atoms with Crippen LogP contribution in [-0.2, 0) is 0 Å². The van der Waals surface area contributed by atoms with Crippen LogP contribution in [0.4, 0.5) is 5.95 Å². The van der Waals surface area contributed by atoms with Crippen LogP contribution >= 0.6 is 0 Å². The smallest absolute Gasteiger partial charge is 0.254 e. The van der Waals surface area contributed by atoms with Crippen LogP contribution in [-0.4, -0.2) is 39.7 Å². The quantitative estimate of drug-likeness (QED) is 0.897. The average molecular weight is 300 g/mol. The van der Waals surface area contributed by atoms with Crippen molar-refractivity contribution >= 4 is 11.9 Å². The van der Waals surface area contributed by atoms with Gasteiger partial charge in [0.05, 0.1) is 23.5 Å². The van der Waals surface area contributed by atoms with Crippen LogP contribution in [0.5, 0.6) is 0 Å². The van der Waals surface area contributed by atoms with Crippen LogP contribution < -0.4 is 10.2 Å². The lowest BCUT2D eigenvalue weighted by Gasteiger charge is -2.25. The molecule has 0 bridgehead atoms. The number of rotatable bonds is 3. The Bertz CT molecular complexity index is 675. The molecule has 0 aliphatic carbocycles. The van der Waals surface area contributed by atoms with E-state index in [1.807, 2.05) is 19.9 Å². The molecule has 0 spiro atoms. The Morgan fingerprint density at radius 3 is 2.77 bits per heavy atom. The highest BCUT2D eigenvalue weighted by Crippen LogP contribution is 2.35. The lowest BCUT2D eigenvalue weighted by Crippen LogP contribution is -2.28. The third-order valence-electron chi connectivity index (χ3n) is 3.95. The summed E-state index contributed by atoms with van der Waals surface area (Å²) in [5.41, 5.74) is 3.32. The zero-order valence-electron chi connectivity index (χ0n) is 13.1. The summed E-state index contributed by atoms with van der Waals surface area (Å²) >= 11 is 0. The zero-order valence-corrected chi connectivity index (χ0v) is 13.1. The molecule has 116 valence electrons. The number of amides is 1. The minimum absolute atomic E-state index is 0.0519. The minimum atomic E-state index is -0.128. The highest BCUT2D eigenvalue weighted by Gasteiger charge is 2.32. The highest BCUT2D eigenvalue weighted by molar-refractivity contribution is 5.95. The first kappa shape index (κ1) is 14.5. The molecule has 1 unspecified atom stereocenters. The van der Waals surface area contributed by atoms with Gasteiger partial charge in [-0.2, -0.15) is 5.10 Å². The maximum atomic E-state index is 12.0. The molecular weight excluding hydrogens is 280 g/mol. The molecule has 2 aromatic rings. The molecule has 1 atom stereocenters. The van der Waals surface area contributed by atoms with E-state index in [1.54, 1.807) is 13.2 Å². The Kier molecular flexibility index (Phi) is 3.79. The fourth-order valence-electron chi connectivity index (χ4n) is 3.01. The normalized spacial score (nSPS) is 17.8. The standard InChI is InChI=1S/C15H20N6O/c1-9-7-10(2)19-15(18-9)21-6-4-5-12(21)13-11(8-17-20-13)14(22)16-3/h7-8,12H,4-6H2,1-3H3,(H,16,22)(H,17,20). The lowest BCUT2D eigenvalue weighted by molar-refractivity contribution is 0.0961. The third-order valence-corrected chi connectivity index (χ3v) is 3.95. The Hall–Kier alpha value is -2.44. The highest BCUT2D eigenvalue weighted by atomic mass is 16.1. The number of hydrogen-bond acceptors (Lipinski definition) is 5. The van der Waals surface area contributed by atoms with Crippen molar-refractivity contribution in [3.05, 3.63) is 34.9 Å². The molecule has 0 saturated carbocycles. The number of anilines is 1. The van der Waals surface area contributed by atoms with Gasteiger partial charge in [-0.15, -0.1) is 0 Å². The number of carbonyl (C=O) groups is 1. The van der Waals surface area contributed by atoms with Crippen molar-refractivity contribution in [3.63, 3.8) is 0 Å². The lowest BCUT2D eigenvalue weighted by atomic mass is 10.1. The summed E-state index contributed by atoms with van der Waals surface area (Å²) in [5, 5.41) is 9.68. The molecular formula is C15H20N6O. The SMILES string of the molecule is CNC(=O)c1cn[nH]c1C1CCCN1c1nc(C)cc(C)n1. The third kappa shape index (κ3) is 2.54. The number of hydrogen-bond donors (Lipinski definition) is 2. The Morgan fingerprint density at radius 1 is 1.36 bits per heavy atom. The summed E-state index contributed by atoms with van der Waals surface area (Å²) in [6.45, 7) is 4.81. The summed E-state index contributed by atoms with van der Waals surface area (Å²) in [6, 6.07) is 2.01. The van der Waals surface area contributed by atoms with E-state index in [0.717, 1.165) is 42.4 Å². The molecule has 2 aromatic heterocycles. The van der Waals surface area contributed by atoms with E-state index < -0.39 is 0 Å². The van der Waals surface area contributed by atoms with Gasteiger partial charge in [0.25, 0.3) is 5.91 Å². The van der Waals surface area contributed by atoms with Crippen molar-refractivity contribution in [3.8, 4) is 0 Å². The van der Waals surface area contributed by atoms with Crippen molar-refractivity contribution < 1.29 is 4.79 Å². The van der Waals surface area contributed by atoms with Gasteiger partial charge in [-0.3, -0.25) is 9.89 Å². The van der Waals surface area contributed by atoms with Gasteiger partial charge < -0.3 is 10.2 Å². The molecule has 1 fully saturated rings. The molecule has 0 radical (unpaired) electrons. The second kappa shape index (κ2) is 5.75. The van der Waals surface area contributed by atoms with Gasteiger partial charge in [0.2, 0.25) is 5.95 Å². The molecule has 3 heterocycles. The molecule has 7 heteroatoms. The first-order valence-corrected chi connectivity index (χ1v) is 7.44. The predicted molar refractivity (Wildman–Crippen MR) is 82.8 cm³/mol. The number of aromatic amines is 1. The van der Waals surface area contributed by atoms with Gasteiger partial charge in [0.15, 0.2) is 0 Å². The maximum absolute atomic E-state index is 12.0. The number of aryl methyl sites for hydroxylation is 2. The zero-order chi connectivity index (χ0) is 15.7. The van der Waals surface area contributed by atoms with Crippen molar-refractivity contribution in [2.75, 3.05) is 18.5 Å². The second-order valence-corrected chi connectivity index (χ2v) is 5.58. The molecule has 22 heavy (non-hydrogen) atoms. The number of aromatic nitrogens is 4. The van der Waals surface area contributed by atoms with Crippen molar-refractivity contribution in [1.82, 2.24) is 25.5 Å². The van der Waals surface area contributed by atoms with Gasteiger partial charge in [-0.1, -0.05) is 0 Å². The largest absolute Gasteiger partial charge is 0.355 e. The van der Waals surface area contributed by atoms with Crippen LogP contribution in [0, 0.1) is 13.8 Å². The van der Waals surface area contributed by atoms with Gasteiger partial charge in [-0.05, 0) is 32.8 Å². The molecule has 1 aliphatic heterocycles. The maximum Gasteiger partial charge on any atom is 0.254 e. The molecule has 7 nitrogen and oxygen atoms in total. The summed E-state index contributed by atoms with van der Waals surface area (Å²) in [6.07, 6.45) is 3.56. The molecule has 1 aliphatic rings. The first-order chi connectivity index (χ1) is 10.6. The second-order valence-electron chi connectivity index (χ2n) is 5.58. The van der Waals surface area contributed by atoms with Crippen LogP contribution in [0.25, 0.3) is 0 Å². The van der Waals surface area contributed by atoms with E-state index in [-0.39, 0.29) is 11.9 Å². The fourth-order valence-corrected chi connectivity index (χ4v) is 3.01. The van der Waals surface area contributed by atoms with Gasteiger partial charge in [0.1, 0.15) is 0 Å². The topological polar surface area (TPSA) is 86.8 Å². The molecule has 2 N–H and O–H groups in total. The van der Waals surface area contributed by atoms with E-state index in [0.29, 0.717) is 5.56 Å². The Labute approximate surface area is 129 Å². The summed E-state index contributed by atoms with van der Waals surface area (Å²) < 4.78 is 0. The van der Waals surface area contributed by atoms with Crippen LogP contribution in [0.1, 0.15) is 46.3 Å². The van der Waals surface area contributed by atoms with Crippen LogP contribution in [0.15, 0.2) is 12.3 Å². The Balaban J connectivity index is 1.97. The van der Waals surface area contributed by atoms with Crippen molar-refractivity contribution in [2.24, 2.45) is 0 Å². The van der Waals surface area contributed by atoms with Gasteiger partial charge in [-0.25, -0.2) is 9.97 Å². The Morgan fingerprint density at radius 2 is 2.09 bits per heavy atom. The summed E-state index contributed by atoms with van der Waals surface area (Å²) in [5.74, 6) is 0.592. The molecule has 0 aromatic carbocycles. The van der Waals surface area contributed by atoms with E-state index in [1.165, 1.54) is 0 Å². The van der Waals surface area contributed by atoms with Gasteiger partial charge >= 0.3 is 0 Å².